The van der Waals surface area contributed by atoms with Crippen LogP contribution in [0.3, 0.4) is 0 Å². The van der Waals surface area contributed by atoms with Crippen LogP contribution >= 0.6 is 0 Å². The normalized spacial score (nSPS) is 24.1. The van der Waals surface area contributed by atoms with Gasteiger partial charge in [-0.2, -0.15) is 0 Å². The molecule has 0 N–H and O–H groups in total. The molecule has 1 aromatic carbocycles. The molecule has 0 radical (unpaired) electrons. The fourth-order valence-electron chi connectivity index (χ4n) is 2.84. The van der Waals surface area contributed by atoms with E-state index in [1.807, 2.05) is 31.2 Å². The number of hydrogen-bond donors (Lipinski definition) is 0. The van der Waals surface area contributed by atoms with Gasteiger partial charge in [-0.25, -0.2) is 0 Å². The Morgan fingerprint density at radius 2 is 1.81 bits per heavy atom. The number of carbonyl (C=O) groups excluding carboxylic acids is 1. The van der Waals surface area contributed by atoms with Gasteiger partial charge in [-0.3, -0.25) is 4.79 Å². The minimum Gasteiger partial charge on any atom is -0.294 e. The van der Waals surface area contributed by atoms with E-state index in [-0.39, 0.29) is 17.1 Å². The third-order valence-electron chi connectivity index (χ3n) is 3.32. The van der Waals surface area contributed by atoms with Crippen LogP contribution in [0.25, 0.3) is 0 Å². The van der Waals surface area contributed by atoms with Crippen molar-refractivity contribution in [2.24, 2.45) is 5.41 Å². The van der Waals surface area contributed by atoms with Crippen molar-refractivity contribution in [1.29, 1.82) is 0 Å². The number of allylic oxidation sites excluding steroid dienone is 2. The van der Waals surface area contributed by atoms with Crippen molar-refractivity contribution in [2.45, 2.75) is 33.1 Å². The first-order chi connectivity index (χ1) is 7.50. The second-order valence-corrected chi connectivity index (χ2v) is 5.40. The molecule has 1 aromatic rings. The average Bonchev–Trinajstić information content (AvgIpc) is 2.15. The predicted octanol–water partition coefficient (Wildman–Crippen LogP) is 3.72. The van der Waals surface area contributed by atoms with E-state index in [1.54, 1.807) is 0 Å². The van der Waals surface area contributed by atoms with E-state index in [4.69, 9.17) is 0 Å². The minimum absolute atomic E-state index is 0.0115. The Morgan fingerprint density at radius 3 is 2.38 bits per heavy atom. The summed E-state index contributed by atoms with van der Waals surface area (Å²) in [5.41, 5.74) is 2.36. The Morgan fingerprint density at radius 1 is 1.19 bits per heavy atom. The van der Waals surface area contributed by atoms with E-state index in [1.165, 1.54) is 5.57 Å². The number of benzene rings is 1. The molecule has 16 heavy (non-hydrogen) atoms. The zero-order valence-electron chi connectivity index (χ0n) is 10.2. The van der Waals surface area contributed by atoms with Crippen molar-refractivity contribution < 1.29 is 4.79 Å². The second-order valence-electron chi connectivity index (χ2n) is 5.40. The maximum atomic E-state index is 12.1. The third-order valence-corrected chi connectivity index (χ3v) is 3.32. The van der Waals surface area contributed by atoms with Gasteiger partial charge in [0.1, 0.15) is 0 Å². The Balaban J connectivity index is 2.44. The van der Waals surface area contributed by atoms with Gasteiger partial charge in [0.05, 0.1) is 5.92 Å². The second kappa shape index (κ2) is 3.89. The molecular formula is C15H18O. The fraction of sp³-hybridized carbons (Fsp3) is 0.400. The highest BCUT2D eigenvalue weighted by molar-refractivity contribution is 5.97. The minimum atomic E-state index is 0.0115. The molecule has 1 unspecified atom stereocenters. The lowest BCUT2D eigenvalue weighted by Gasteiger charge is -2.36. The highest BCUT2D eigenvalue weighted by atomic mass is 16.1. The lowest BCUT2D eigenvalue weighted by molar-refractivity contribution is -0.119. The molecule has 1 aliphatic carbocycles. The maximum absolute atomic E-state index is 12.1. The Kier molecular flexibility index (Phi) is 2.71. The predicted molar refractivity (Wildman–Crippen MR) is 66.3 cm³/mol. The van der Waals surface area contributed by atoms with Crippen molar-refractivity contribution in [3.8, 4) is 0 Å². The molecule has 1 aliphatic rings. The van der Waals surface area contributed by atoms with Gasteiger partial charge in [0.15, 0.2) is 5.78 Å². The summed E-state index contributed by atoms with van der Waals surface area (Å²) in [6, 6.07) is 10.1. The van der Waals surface area contributed by atoms with E-state index in [9.17, 15) is 4.79 Å². The van der Waals surface area contributed by atoms with Crippen molar-refractivity contribution in [3.63, 3.8) is 0 Å². The summed E-state index contributed by atoms with van der Waals surface area (Å²) in [6.07, 6.45) is 2.81. The molecule has 0 amide bonds. The monoisotopic (exact) mass is 214 g/mol. The summed E-state index contributed by atoms with van der Waals surface area (Å²) >= 11 is 0. The molecule has 84 valence electrons. The van der Waals surface area contributed by atoms with E-state index in [0.29, 0.717) is 0 Å². The molecule has 0 bridgehead atoms. The van der Waals surface area contributed by atoms with Crippen LogP contribution in [0.4, 0.5) is 0 Å². The topological polar surface area (TPSA) is 17.1 Å². The quantitative estimate of drug-likeness (QED) is 0.696. The van der Waals surface area contributed by atoms with Gasteiger partial charge in [0.2, 0.25) is 0 Å². The van der Waals surface area contributed by atoms with Gasteiger partial charge < -0.3 is 0 Å². The van der Waals surface area contributed by atoms with E-state index < -0.39 is 0 Å². The van der Waals surface area contributed by atoms with Crippen LogP contribution < -0.4 is 0 Å². The molecule has 2 rings (SSSR count). The van der Waals surface area contributed by atoms with Crippen LogP contribution in [0.5, 0.6) is 0 Å². The summed E-state index contributed by atoms with van der Waals surface area (Å²) in [5, 5.41) is 0. The lowest BCUT2D eigenvalue weighted by Crippen LogP contribution is -2.32. The van der Waals surface area contributed by atoms with E-state index in [2.05, 4.69) is 26.0 Å². The van der Waals surface area contributed by atoms with Gasteiger partial charge in [-0.1, -0.05) is 49.8 Å². The summed E-state index contributed by atoms with van der Waals surface area (Å²) in [4.78, 5) is 12.1. The first kappa shape index (κ1) is 11.1. The molecule has 0 fully saturated rings. The van der Waals surface area contributed by atoms with E-state index >= 15 is 0 Å². The fourth-order valence-corrected chi connectivity index (χ4v) is 2.84. The standard InChI is InChI=1S/C15H18O/c1-11-9-13(16)14(15(2,3)10-11)12-7-5-4-6-8-12/h4-9,14H,10H2,1-3H3. The van der Waals surface area contributed by atoms with Crippen LogP contribution in [0.1, 0.15) is 38.7 Å². The van der Waals surface area contributed by atoms with Crippen LogP contribution in [0.2, 0.25) is 0 Å². The number of rotatable bonds is 1. The van der Waals surface area contributed by atoms with Crippen LogP contribution in [0, 0.1) is 5.41 Å². The molecule has 0 aromatic heterocycles. The zero-order chi connectivity index (χ0) is 11.8. The van der Waals surface area contributed by atoms with Crippen LogP contribution in [-0.4, -0.2) is 5.78 Å². The summed E-state index contributed by atoms with van der Waals surface area (Å²) in [5.74, 6) is 0.261. The smallest absolute Gasteiger partial charge is 0.163 e. The number of hydrogen-bond acceptors (Lipinski definition) is 1. The average molecular weight is 214 g/mol. The molecule has 0 saturated carbocycles. The molecule has 0 aliphatic heterocycles. The molecule has 0 spiro atoms. The summed E-state index contributed by atoms with van der Waals surface area (Å²) in [6.45, 7) is 6.40. The highest BCUT2D eigenvalue weighted by Gasteiger charge is 2.38. The molecule has 1 nitrogen and oxygen atoms in total. The van der Waals surface area contributed by atoms with Crippen molar-refractivity contribution in [3.05, 3.63) is 47.5 Å². The Labute approximate surface area is 97.2 Å². The Bertz CT molecular complexity index is 426. The van der Waals surface area contributed by atoms with Crippen LogP contribution in [0.15, 0.2) is 42.0 Å². The summed E-state index contributed by atoms with van der Waals surface area (Å²) < 4.78 is 0. The van der Waals surface area contributed by atoms with Crippen LogP contribution in [-0.2, 0) is 4.79 Å². The van der Waals surface area contributed by atoms with Crippen molar-refractivity contribution in [1.82, 2.24) is 0 Å². The van der Waals surface area contributed by atoms with Gasteiger partial charge >= 0.3 is 0 Å². The van der Waals surface area contributed by atoms with Crippen molar-refractivity contribution >= 4 is 5.78 Å². The molecule has 1 atom stereocenters. The highest BCUT2D eigenvalue weighted by Crippen LogP contribution is 2.44. The molecule has 0 saturated heterocycles. The largest absolute Gasteiger partial charge is 0.294 e. The number of ketones is 1. The van der Waals surface area contributed by atoms with Gasteiger partial charge in [-0.15, -0.1) is 0 Å². The lowest BCUT2D eigenvalue weighted by atomic mass is 9.66. The zero-order valence-corrected chi connectivity index (χ0v) is 10.2. The van der Waals surface area contributed by atoms with E-state index in [0.717, 1.165) is 12.0 Å². The molecule has 0 heterocycles. The van der Waals surface area contributed by atoms with Gasteiger partial charge in [0, 0.05) is 0 Å². The summed E-state index contributed by atoms with van der Waals surface area (Å²) in [7, 11) is 0. The SMILES string of the molecule is CC1=CC(=O)C(c2ccccc2)C(C)(C)C1. The third kappa shape index (κ3) is 1.95. The Hall–Kier alpha value is -1.37. The first-order valence-electron chi connectivity index (χ1n) is 5.77. The molecule has 1 heteroatoms. The van der Waals surface area contributed by atoms with Gasteiger partial charge in [-0.05, 0) is 30.4 Å². The first-order valence-corrected chi connectivity index (χ1v) is 5.77. The maximum Gasteiger partial charge on any atom is 0.163 e. The van der Waals surface area contributed by atoms with Crippen molar-refractivity contribution in [2.75, 3.05) is 0 Å². The number of carbonyl (C=O) groups is 1. The van der Waals surface area contributed by atoms with Gasteiger partial charge in [0.25, 0.3) is 0 Å². The molecular weight excluding hydrogens is 196 g/mol.